The molecular weight excluding hydrogens is 194 g/mol. The molecule has 0 saturated carbocycles. The van der Waals surface area contributed by atoms with Gasteiger partial charge in [0.05, 0.1) is 4.99 Å². The molecule has 2 N–H and O–H groups in total. The quantitative estimate of drug-likeness (QED) is 0.661. The molecule has 0 bridgehead atoms. The Morgan fingerprint density at radius 1 is 1.43 bits per heavy atom. The minimum absolute atomic E-state index is 0.591. The minimum atomic E-state index is 0.591. The normalized spacial score (nSPS) is 17.9. The van der Waals surface area contributed by atoms with Crippen LogP contribution in [0.3, 0.4) is 0 Å². The SMILES string of the molecule is CN(CCCN1CCCC1)CC(N)=S. The number of thiocarbonyl (C=S) groups is 1. The first-order valence-corrected chi connectivity index (χ1v) is 5.78. The molecule has 3 nitrogen and oxygen atoms in total. The van der Waals surface area contributed by atoms with Gasteiger partial charge in [-0.25, -0.2) is 0 Å². The van der Waals surface area contributed by atoms with Crippen LogP contribution in [0.5, 0.6) is 0 Å². The predicted molar refractivity (Wildman–Crippen MR) is 64.6 cm³/mol. The molecule has 0 aliphatic carbocycles. The highest BCUT2D eigenvalue weighted by Crippen LogP contribution is 2.07. The number of hydrogen-bond donors (Lipinski definition) is 1. The molecule has 1 rings (SSSR count). The van der Waals surface area contributed by atoms with E-state index in [1.165, 1.54) is 38.9 Å². The molecule has 0 amide bonds. The molecule has 0 radical (unpaired) electrons. The molecule has 1 fully saturated rings. The lowest BCUT2D eigenvalue weighted by Gasteiger charge is -2.18. The average molecular weight is 215 g/mol. The van der Waals surface area contributed by atoms with Gasteiger partial charge in [-0.1, -0.05) is 12.2 Å². The van der Waals surface area contributed by atoms with Gasteiger partial charge in [-0.15, -0.1) is 0 Å². The zero-order valence-corrected chi connectivity index (χ0v) is 9.85. The second-order valence-electron chi connectivity index (χ2n) is 4.11. The van der Waals surface area contributed by atoms with Crippen LogP contribution in [-0.4, -0.2) is 54.6 Å². The maximum Gasteiger partial charge on any atom is 0.0869 e. The maximum absolute atomic E-state index is 5.47. The molecule has 0 aromatic carbocycles. The van der Waals surface area contributed by atoms with Crippen molar-refractivity contribution in [3.05, 3.63) is 0 Å². The summed E-state index contributed by atoms with van der Waals surface area (Å²) in [6.07, 6.45) is 3.98. The fourth-order valence-electron chi connectivity index (χ4n) is 1.92. The van der Waals surface area contributed by atoms with Gasteiger partial charge in [-0.3, -0.25) is 4.90 Å². The standard InChI is InChI=1S/C10H21N3S/c1-12(9-10(11)14)5-4-8-13-6-2-3-7-13/h2-9H2,1H3,(H2,11,14). The van der Waals surface area contributed by atoms with Gasteiger partial charge in [-0.05, 0) is 52.5 Å². The number of hydrogen-bond acceptors (Lipinski definition) is 3. The topological polar surface area (TPSA) is 32.5 Å². The summed E-state index contributed by atoms with van der Waals surface area (Å²) in [7, 11) is 2.07. The molecule has 82 valence electrons. The van der Waals surface area contributed by atoms with Gasteiger partial charge in [0.1, 0.15) is 0 Å². The minimum Gasteiger partial charge on any atom is -0.392 e. The van der Waals surface area contributed by atoms with Crippen LogP contribution in [0.1, 0.15) is 19.3 Å². The Bertz CT molecular complexity index is 178. The van der Waals surface area contributed by atoms with Crippen molar-refractivity contribution >= 4 is 17.2 Å². The molecule has 14 heavy (non-hydrogen) atoms. The number of nitrogens with two attached hydrogens (primary N) is 1. The molecule has 0 atom stereocenters. The number of likely N-dealkylation sites (tertiary alicyclic amines) is 1. The molecule has 1 aliphatic rings. The zero-order chi connectivity index (χ0) is 10.4. The first kappa shape index (κ1) is 11.9. The fourth-order valence-corrected chi connectivity index (χ4v) is 2.14. The van der Waals surface area contributed by atoms with Crippen molar-refractivity contribution in [2.75, 3.05) is 39.8 Å². The van der Waals surface area contributed by atoms with E-state index in [1.54, 1.807) is 0 Å². The lowest BCUT2D eigenvalue weighted by Crippen LogP contribution is -2.32. The number of rotatable bonds is 6. The van der Waals surface area contributed by atoms with Crippen molar-refractivity contribution < 1.29 is 0 Å². The first-order chi connectivity index (χ1) is 6.68. The van der Waals surface area contributed by atoms with Crippen LogP contribution in [0.25, 0.3) is 0 Å². The summed E-state index contributed by atoms with van der Waals surface area (Å²) in [6.45, 7) is 5.64. The van der Waals surface area contributed by atoms with Gasteiger partial charge >= 0.3 is 0 Å². The molecule has 0 aromatic heterocycles. The van der Waals surface area contributed by atoms with Gasteiger partial charge in [0.25, 0.3) is 0 Å². The Labute approximate surface area is 92.2 Å². The molecule has 1 aliphatic heterocycles. The highest BCUT2D eigenvalue weighted by Gasteiger charge is 2.10. The zero-order valence-electron chi connectivity index (χ0n) is 9.04. The van der Waals surface area contributed by atoms with E-state index in [4.69, 9.17) is 18.0 Å². The lowest BCUT2D eigenvalue weighted by atomic mass is 10.3. The third kappa shape index (κ3) is 4.88. The maximum atomic E-state index is 5.47. The van der Waals surface area contributed by atoms with Crippen LogP contribution in [0.15, 0.2) is 0 Å². The van der Waals surface area contributed by atoms with Crippen LogP contribution < -0.4 is 5.73 Å². The van der Waals surface area contributed by atoms with Gasteiger partial charge in [-0.2, -0.15) is 0 Å². The predicted octanol–water partition coefficient (Wildman–Crippen LogP) is 0.690. The molecular formula is C10H21N3S. The summed E-state index contributed by atoms with van der Waals surface area (Å²) >= 11 is 4.86. The largest absolute Gasteiger partial charge is 0.392 e. The molecule has 4 heteroatoms. The Morgan fingerprint density at radius 2 is 2.07 bits per heavy atom. The third-order valence-electron chi connectivity index (χ3n) is 2.64. The monoisotopic (exact) mass is 215 g/mol. The third-order valence-corrected chi connectivity index (χ3v) is 2.77. The van der Waals surface area contributed by atoms with E-state index < -0.39 is 0 Å². The van der Waals surface area contributed by atoms with E-state index in [0.29, 0.717) is 4.99 Å². The summed E-state index contributed by atoms with van der Waals surface area (Å²) < 4.78 is 0. The van der Waals surface area contributed by atoms with Gasteiger partial charge < -0.3 is 10.6 Å². The van der Waals surface area contributed by atoms with E-state index in [0.717, 1.165) is 13.1 Å². The molecule has 1 saturated heterocycles. The number of nitrogens with zero attached hydrogens (tertiary/aromatic N) is 2. The second kappa shape index (κ2) is 6.32. The van der Waals surface area contributed by atoms with Crippen LogP contribution in [0.4, 0.5) is 0 Å². The van der Waals surface area contributed by atoms with Crippen molar-refractivity contribution in [2.45, 2.75) is 19.3 Å². The molecule has 0 spiro atoms. The molecule has 1 heterocycles. The summed E-state index contributed by atoms with van der Waals surface area (Å²) in [4.78, 5) is 5.32. The smallest absolute Gasteiger partial charge is 0.0869 e. The van der Waals surface area contributed by atoms with E-state index >= 15 is 0 Å². The van der Waals surface area contributed by atoms with Crippen molar-refractivity contribution in [3.8, 4) is 0 Å². The van der Waals surface area contributed by atoms with E-state index in [-0.39, 0.29) is 0 Å². The van der Waals surface area contributed by atoms with Gasteiger partial charge in [0, 0.05) is 6.54 Å². The van der Waals surface area contributed by atoms with Crippen molar-refractivity contribution in [1.82, 2.24) is 9.80 Å². The average Bonchev–Trinajstić information content (AvgIpc) is 2.55. The van der Waals surface area contributed by atoms with Crippen LogP contribution in [0.2, 0.25) is 0 Å². The van der Waals surface area contributed by atoms with Crippen molar-refractivity contribution in [3.63, 3.8) is 0 Å². The fraction of sp³-hybridized carbons (Fsp3) is 0.900. The molecule has 0 unspecified atom stereocenters. The van der Waals surface area contributed by atoms with Crippen LogP contribution >= 0.6 is 12.2 Å². The second-order valence-corrected chi connectivity index (χ2v) is 4.63. The Morgan fingerprint density at radius 3 is 2.64 bits per heavy atom. The summed E-state index contributed by atoms with van der Waals surface area (Å²) in [5, 5.41) is 0. The Hall–Kier alpha value is -0.190. The van der Waals surface area contributed by atoms with E-state index in [9.17, 15) is 0 Å². The van der Waals surface area contributed by atoms with Gasteiger partial charge in [0.2, 0.25) is 0 Å². The van der Waals surface area contributed by atoms with Crippen molar-refractivity contribution in [2.24, 2.45) is 5.73 Å². The van der Waals surface area contributed by atoms with E-state index in [1.807, 2.05) is 0 Å². The van der Waals surface area contributed by atoms with Crippen LogP contribution in [0, 0.1) is 0 Å². The summed E-state index contributed by atoms with van der Waals surface area (Å²) in [5.41, 5.74) is 5.47. The van der Waals surface area contributed by atoms with E-state index in [2.05, 4.69) is 16.8 Å². The highest BCUT2D eigenvalue weighted by atomic mass is 32.1. The summed E-state index contributed by atoms with van der Waals surface area (Å²) in [6, 6.07) is 0. The Balaban J connectivity index is 1.99. The van der Waals surface area contributed by atoms with Crippen molar-refractivity contribution in [1.29, 1.82) is 0 Å². The van der Waals surface area contributed by atoms with Crippen LogP contribution in [-0.2, 0) is 0 Å². The van der Waals surface area contributed by atoms with Gasteiger partial charge in [0.15, 0.2) is 0 Å². The number of likely N-dealkylation sites (N-methyl/N-ethyl adjacent to an activating group) is 1. The Kier molecular flexibility index (Phi) is 5.37. The lowest BCUT2D eigenvalue weighted by molar-refractivity contribution is 0.296. The molecule has 0 aromatic rings. The first-order valence-electron chi connectivity index (χ1n) is 5.37. The highest BCUT2D eigenvalue weighted by molar-refractivity contribution is 7.80. The summed E-state index contributed by atoms with van der Waals surface area (Å²) in [5.74, 6) is 0.